The Kier molecular flexibility index (Phi) is 11.6. The fraction of sp³-hybridized carbons (Fsp3) is 0.667. The lowest BCUT2D eigenvalue weighted by atomic mass is 10.2. The van der Waals surface area contributed by atoms with Crippen molar-refractivity contribution in [3.8, 4) is 0 Å². The molecule has 0 atom stereocenters. The molecule has 9 heteroatoms. The van der Waals surface area contributed by atoms with Crippen molar-refractivity contribution in [2.24, 2.45) is 4.99 Å². The SMILES string of the molecule is CN=C(NCCN(C(C)C)C(C)C)NCc1ccc(S(=O)(=O)N2CCCC2)cc1.I. The van der Waals surface area contributed by atoms with Gasteiger partial charge < -0.3 is 10.6 Å². The Morgan fingerprint density at radius 1 is 1.07 bits per heavy atom. The van der Waals surface area contributed by atoms with Crippen LogP contribution in [0.2, 0.25) is 0 Å². The summed E-state index contributed by atoms with van der Waals surface area (Å²) >= 11 is 0. The lowest BCUT2D eigenvalue weighted by Gasteiger charge is -2.30. The molecule has 172 valence electrons. The number of nitrogens with one attached hydrogen (secondary N) is 2. The van der Waals surface area contributed by atoms with Crippen LogP contribution in [0, 0.1) is 0 Å². The molecule has 1 fully saturated rings. The summed E-state index contributed by atoms with van der Waals surface area (Å²) in [6.45, 7) is 12.4. The molecule has 1 aromatic carbocycles. The first-order chi connectivity index (χ1) is 13.8. The minimum Gasteiger partial charge on any atom is -0.355 e. The van der Waals surface area contributed by atoms with Gasteiger partial charge in [0, 0.05) is 51.9 Å². The van der Waals surface area contributed by atoms with Gasteiger partial charge in [0.1, 0.15) is 0 Å². The van der Waals surface area contributed by atoms with Crippen LogP contribution >= 0.6 is 24.0 Å². The first kappa shape index (κ1) is 27.1. The van der Waals surface area contributed by atoms with Gasteiger partial charge in [-0.25, -0.2) is 8.42 Å². The van der Waals surface area contributed by atoms with Crippen LogP contribution in [0.25, 0.3) is 0 Å². The number of aliphatic imine (C=N–C) groups is 1. The second-order valence-corrected chi connectivity index (χ2v) is 9.97. The minimum absolute atomic E-state index is 0. The molecular weight excluding hydrogens is 513 g/mol. The molecule has 0 amide bonds. The van der Waals surface area contributed by atoms with Crippen LogP contribution < -0.4 is 10.6 Å². The molecule has 1 aliphatic rings. The van der Waals surface area contributed by atoms with Gasteiger partial charge in [0.15, 0.2) is 5.96 Å². The van der Waals surface area contributed by atoms with E-state index in [1.807, 2.05) is 12.1 Å². The van der Waals surface area contributed by atoms with Crippen LogP contribution in [0.3, 0.4) is 0 Å². The van der Waals surface area contributed by atoms with Gasteiger partial charge in [0.05, 0.1) is 4.90 Å². The van der Waals surface area contributed by atoms with Gasteiger partial charge >= 0.3 is 0 Å². The third kappa shape index (κ3) is 7.65. The summed E-state index contributed by atoms with van der Waals surface area (Å²) in [6.07, 6.45) is 1.89. The van der Waals surface area contributed by atoms with E-state index in [-0.39, 0.29) is 24.0 Å². The monoisotopic (exact) mass is 551 g/mol. The highest BCUT2D eigenvalue weighted by atomic mass is 127. The predicted molar refractivity (Wildman–Crippen MR) is 135 cm³/mol. The van der Waals surface area contributed by atoms with E-state index >= 15 is 0 Å². The van der Waals surface area contributed by atoms with E-state index in [0.717, 1.165) is 37.5 Å². The molecule has 7 nitrogen and oxygen atoms in total. The third-order valence-electron chi connectivity index (χ3n) is 5.30. The highest BCUT2D eigenvalue weighted by molar-refractivity contribution is 14.0. The number of guanidine groups is 1. The van der Waals surface area contributed by atoms with Crippen LogP contribution in [-0.4, -0.2) is 68.9 Å². The van der Waals surface area contributed by atoms with E-state index < -0.39 is 10.0 Å². The van der Waals surface area contributed by atoms with Crippen molar-refractivity contribution < 1.29 is 8.42 Å². The first-order valence-electron chi connectivity index (χ1n) is 10.5. The Labute approximate surface area is 199 Å². The molecule has 1 aliphatic heterocycles. The van der Waals surface area contributed by atoms with Gasteiger partial charge in [-0.15, -0.1) is 24.0 Å². The fourth-order valence-electron chi connectivity index (χ4n) is 3.68. The number of halogens is 1. The summed E-state index contributed by atoms with van der Waals surface area (Å²) in [7, 11) is -1.60. The van der Waals surface area contributed by atoms with Crippen molar-refractivity contribution in [3.05, 3.63) is 29.8 Å². The van der Waals surface area contributed by atoms with E-state index in [0.29, 0.717) is 36.6 Å². The Morgan fingerprint density at radius 3 is 2.13 bits per heavy atom. The molecule has 0 unspecified atom stereocenters. The Hall–Kier alpha value is -0.910. The molecule has 1 heterocycles. The third-order valence-corrected chi connectivity index (χ3v) is 7.21. The summed E-state index contributed by atoms with van der Waals surface area (Å²) < 4.78 is 26.8. The summed E-state index contributed by atoms with van der Waals surface area (Å²) in [6, 6.07) is 8.13. The number of sulfonamides is 1. The van der Waals surface area contributed by atoms with Gasteiger partial charge in [0.25, 0.3) is 0 Å². The maximum absolute atomic E-state index is 12.6. The van der Waals surface area contributed by atoms with E-state index in [4.69, 9.17) is 0 Å². The second-order valence-electron chi connectivity index (χ2n) is 8.03. The largest absolute Gasteiger partial charge is 0.355 e. The van der Waals surface area contributed by atoms with Crippen molar-refractivity contribution in [1.82, 2.24) is 19.8 Å². The van der Waals surface area contributed by atoms with Crippen LogP contribution in [0.4, 0.5) is 0 Å². The second kappa shape index (κ2) is 12.8. The zero-order chi connectivity index (χ0) is 21.4. The maximum Gasteiger partial charge on any atom is 0.243 e. The standard InChI is InChI=1S/C21H37N5O2S.HI/c1-17(2)26(18(3)4)15-12-23-21(22-5)24-16-19-8-10-20(11-9-19)29(27,28)25-13-6-7-14-25;/h8-11,17-18H,6-7,12-16H2,1-5H3,(H2,22,23,24);1H. The average Bonchev–Trinajstić information content (AvgIpc) is 3.23. The van der Waals surface area contributed by atoms with Crippen molar-refractivity contribution in [2.45, 2.75) is 64.1 Å². The number of hydrogen-bond acceptors (Lipinski definition) is 4. The molecule has 0 bridgehead atoms. The van der Waals surface area contributed by atoms with Crippen molar-refractivity contribution >= 4 is 40.0 Å². The van der Waals surface area contributed by atoms with Crippen molar-refractivity contribution in [2.75, 3.05) is 33.2 Å². The topological polar surface area (TPSA) is 77.0 Å². The quantitative estimate of drug-likeness (QED) is 0.281. The van der Waals surface area contributed by atoms with Crippen LogP contribution in [0.1, 0.15) is 46.1 Å². The molecule has 1 saturated heterocycles. The van der Waals surface area contributed by atoms with Gasteiger partial charge in [-0.3, -0.25) is 9.89 Å². The Balaban J connectivity index is 0.00000450. The maximum atomic E-state index is 12.6. The smallest absolute Gasteiger partial charge is 0.243 e. The van der Waals surface area contributed by atoms with Crippen molar-refractivity contribution in [1.29, 1.82) is 0 Å². The number of hydrogen-bond donors (Lipinski definition) is 2. The molecule has 2 rings (SSSR count). The lowest BCUT2D eigenvalue weighted by molar-refractivity contribution is 0.178. The summed E-state index contributed by atoms with van der Waals surface area (Å²) in [5.41, 5.74) is 1.01. The molecule has 1 aromatic rings. The Bertz CT molecular complexity index is 752. The highest BCUT2D eigenvalue weighted by Gasteiger charge is 2.26. The normalized spacial score (nSPS) is 15.7. The summed E-state index contributed by atoms with van der Waals surface area (Å²) in [5.74, 6) is 0.742. The van der Waals surface area contributed by atoms with Crippen LogP contribution in [-0.2, 0) is 16.6 Å². The molecule has 30 heavy (non-hydrogen) atoms. The molecule has 0 aliphatic carbocycles. The van der Waals surface area contributed by atoms with E-state index in [9.17, 15) is 8.42 Å². The van der Waals surface area contributed by atoms with Crippen LogP contribution in [0.5, 0.6) is 0 Å². The number of benzene rings is 1. The molecule has 0 saturated carbocycles. The van der Waals surface area contributed by atoms with E-state index in [1.165, 1.54) is 0 Å². The number of nitrogens with zero attached hydrogens (tertiary/aromatic N) is 3. The summed E-state index contributed by atoms with van der Waals surface area (Å²) in [4.78, 5) is 7.07. The molecule has 0 spiro atoms. The van der Waals surface area contributed by atoms with Crippen LogP contribution in [0.15, 0.2) is 34.2 Å². The molecule has 2 N–H and O–H groups in total. The van der Waals surface area contributed by atoms with Gasteiger partial charge in [-0.1, -0.05) is 12.1 Å². The average molecular weight is 552 g/mol. The minimum atomic E-state index is -3.35. The number of rotatable bonds is 9. The molecular formula is C21H38IN5O2S. The van der Waals surface area contributed by atoms with Gasteiger partial charge in [-0.05, 0) is 58.2 Å². The zero-order valence-electron chi connectivity index (χ0n) is 18.9. The Morgan fingerprint density at radius 2 is 1.63 bits per heavy atom. The summed E-state index contributed by atoms with van der Waals surface area (Å²) in [5, 5.41) is 6.64. The van der Waals surface area contributed by atoms with Gasteiger partial charge in [0.2, 0.25) is 10.0 Å². The van der Waals surface area contributed by atoms with E-state index in [2.05, 4.69) is 48.2 Å². The van der Waals surface area contributed by atoms with Crippen molar-refractivity contribution in [3.63, 3.8) is 0 Å². The predicted octanol–water partition coefficient (Wildman–Crippen LogP) is 2.87. The zero-order valence-corrected chi connectivity index (χ0v) is 22.0. The van der Waals surface area contributed by atoms with Gasteiger partial charge in [-0.2, -0.15) is 4.31 Å². The molecule has 0 aromatic heterocycles. The first-order valence-corrected chi connectivity index (χ1v) is 12.0. The molecule has 0 radical (unpaired) electrons. The fourth-order valence-corrected chi connectivity index (χ4v) is 5.20. The van der Waals surface area contributed by atoms with E-state index in [1.54, 1.807) is 23.5 Å². The lowest BCUT2D eigenvalue weighted by Crippen LogP contribution is -2.45. The highest BCUT2D eigenvalue weighted by Crippen LogP contribution is 2.21.